The second kappa shape index (κ2) is 7.82. The second-order valence-electron chi connectivity index (χ2n) is 3.49. The highest BCUT2D eigenvalue weighted by atomic mass is 19.1. The molecule has 110 valence electrons. The van der Waals surface area contributed by atoms with Crippen molar-refractivity contribution in [1.29, 1.82) is 0 Å². The molecule has 0 saturated carbocycles. The van der Waals surface area contributed by atoms with Gasteiger partial charge in [-0.15, -0.1) is 0 Å². The van der Waals surface area contributed by atoms with Gasteiger partial charge in [0.25, 0.3) is 5.56 Å². The molecule has 1 aromatic rings. The SMILES string of the molecule is CC.COC(C)[C@@H](O)[C@@H](O)n1cc(F)c(=O)[nH]c1=O. The summed E-state index contributed by atoms with van der Waals surface area (Å²) in [5.74, 6) is -1.24. The number of ether oxygens (including phenoxy) is 1. The molecule has 8 heteroatoms. The van der Waals surface area contributed by atoms with E-state index in [9.17, 15) is 24.2 Å². The Morgan fingerprint density at radius 1 is 1.37 bits per heavy atom. The molecule has 0 aromatic carbocycles. The van der Waals surface area contributed by atoms with Gasteiger partial charge in [-0.25, -0.2) is 4.79 Å². The molecule has 0 fully saturated rings. The van der Waals surface area contributed by atoms with Crippen LogP contribution in [0.2, 0.25) is 0 Å². The van der Waals surface area contributed by atoms with E-state index in [1.165, 1.54) is 14.0 Å². The molecule has 7 nitrogen and oxygen atoms in total. The highest BCUT2D eigenvalue weighted by Crippen LogP contribution is 2.10. The highest BCUT2D eigenvalue weighted by molar-refractivity contribution is 4.89. The summed E-state index contributed by atoms with van der Waals surface area (Å²) >= 11 is 0. The van der Waals surface area contributed by atoms with Crippen LogP contribution in [0, 0.1) is 5.82 Å². The summed E-state index contributed by atoms with van der Waals surface area (Å²) in [5, 5.41) is 19.2. The maximum atomic E-state index is 12.9. The van der Waals surface area contributed by atoms with Crippen LogP contribution in [0.25, 0.3) is 0 Å². The first-order chi connectivity index (χ1) is 8.88. The van der Waals surface area contributed by atoms with E-state index in [0.29, 0.717) is 10.8 Å². The first-order valence-corrected chi connectivity index (χ1v) is 5.78. The minimum absolute atomic E-state index is 0.483. The van der Waals surface area contributed by atoms with Crippen LogP contribution in [0.4, 0.5) is 4.39 Å². The van der Waals surface area contributed by atoms with Gasteiger partial charge < -0.3 is 14.9 Å². The Morgan fingerprint density at radius 2 is 1.89 bits per heavy atom. The van der Waals surface area contributed by atoms with Crippen molar-refractivity contribution < 1.29 is 19.3 Å². The van der Waals surface area contributed by atoms with Crippen molar-refractivity contribution in [2.75, 3.05) is 7.11 Å². The van der Waals surface area contributed by atoms with Crippen LogP contribution in [0.15, 0.2) is 15.8 Å². The summed E-state index contributed by atoms with van der Waals surface area (Å²) in [7, 11) is 1.30. The molecule has 1 unspecified atom stereocenters. The lowest BCUT2D eigenvalue weighted by Gasteiger charge is -2.23. The number of halogens is 1. The van der Waals surface area contributed by atoms with E-state index >= 15 is 0 Å². The smallest absolute Gasteiger partial charge is 0.330 e. The molecule has 3 atom stereocenters. The molecule has 0 aliphatic rings. The van der Waals surface area contributed by atoms with E-state index < -0.39 is 35.5 Å². The summed E-state index contributed by atoms with van der Waals surface area (Å²) in [6, 6.07) is 0. The maximum absolute atomic E-state index is 12.9. The minimum Gasteiger partial charge on any atom is -0.386 e. The summed E-state index contributed by atoms with van der Waals surface area (Å²) in [6.07, 6.45) is -3.41. The van der Waals surface area contributed by atoms with Crippen molar-refractivity contribution in [3.63, 3.8) is 0 Å². The first kappa shape index (κ1) is 17.5. The van der Waals surface area contributed by atoms with Crippen molar-refractivity contribution >= 4 is 0 Å². The van der Waals surface area contributed by atoms with E-state index in [1.807, 2.05) is 13.8 Å². The summed E-state index contributed by atoms with van der Waals surface area (Å²) in [5.41, 5.74) is -2.21. The molecule has 0 aliphatic carbocycles. The van der Waals surface area contributed by atoms with E-state index in [4.69, 9.17) is 4.74 Å². The second-order valence-corrected chi connectivity index (χ2v) is 3.49. The zero-order chi connectivity index (χ0) is 15.2. The summed E-state index contributed by atoms with van der Waals surface area (Å²) in [6.45, 7) is 5.46. The van der Waals surface area contributed by atoms with Gasteiger partial charge >= 0.3 is 5.69 Å². The monoisotopic (exact) mass is 278 g/mol. The molecule has 19 heavy (non-hydrogen) atoms. The fraction of sp³-hybridized carbons (Fsp3) is 0.636. The number of hydrogen-bond donors (Lipinski definition) is 3. The van der Waals surface area contributed by atoms with Gasteiger partial charge in [0.05, 0.1) is 12.3 Å². The average molecular weight is 278 g/mol. The van der Waals surface area contributed by atoms with Gasteiger partial charge in [-0.3, -0.25) is 14.3 Å². The number of aromatic amines is 1. The largest absolute Gasteiger partial charge is 0.386 e. The fourth-order valence-electron chi connectivity index (χ4n) is 1.20. The number of nitrogens with zero attached hydrogens (tertiary/aromatic N) is 1. The quantitative estimate of drug-likeness (QED) is 0.694. The molecule has 1 aromatic heterocycles. The molecule has 0 bridgehead atoms. The third kappa shape index (κ3) is 4.27. The zero-order valence-corrected chi connectivity index (χ0v) is 11.3. The van der Waals surface area contributed by atoms with Crippen LogP contribution in [0.5, 0.6) is 0 Å². The number of rotatable bonds is 4. The Labute approximate surface area is 109 Å². The normalized spacial score (nSPS) is 15.1. The Balaban J connectivity index is 0.00000154. The fourth-order valence-corrected chi connectivity index (χ4v) is 1.20. The lowest BCUT2D eigenvalue weighted by atomic mass is 10.2. The first-order valence-electron chi connectivity index (χ1n) is 5.78. The highest BCUT2D eigenvalue weighted by Gasteiger charge is 2.25. The molecule has 1 heterocycles. The van der Waals surface area contributed by atoms with Crippen molar-refractivity contribution in [3.8, 4) is 0 Å². The number of hydrogen-bond acceptors (Lipinski definition) is 5. The van der Waals surface area contributed by atoms with Gasteiger partial charge in [-0.2, -0.15) is 4.39 Å². The van der Waals surface area contributed by atoms with Gasteiger partial charge in [0, 0.05) is 7.11 Å². The van der Waals surface area contributed by atoms with Gasteiger partial charge in [-0.05, 0) is 6.92 Å². The number of aliphatic hydroxyl groups excluding tert-OH is 2. The van der Waals surface area contributed by atoms with Crippen LogP contribution >= 0.6 is 0 Å². The molecule has 1 rings (SSSR count). The van der Waals surface area contributed by atoms with Crippen LogP contribution < -0.4 is 11.2 Å². The van der Waals surface area contributed by atoms with Crippen molar-refractivity contribution in [3.05, 3.63) is 32.9 Å². The van der Waals surface area contributed by atoms with E-state index in [2.05, 4.69) is 0 Å². The lowest BCUT2D eigenvalue weighted by Crippen LogP contribution is -2.41. The van der Waals surface area contributed by atoms with Gasteiger partial charge in [0.15, 0.2) is 6.23 Å². The molecule has 0 aliphatic heterocycles. The van der Waals surface area contributed by atoms with Crippen molar-refractivity contribution in [2.24, 2.45) is 0 Å². The predicted octanol–water partition coefficient (Wildman–Crippen LogP) is -0.411. The van der Waals surface area contributed by atoms with Gasteiger partial charge in [-0.1, -0.05) is 13.8 Å². The zero-order valence-electron chi connectivity index (χ0n) is 11.3. The average Bonchev–Trinajstić information content (AvgIpc) is 2.42. The number of methoxy groups -OCH3 is 1. The predicted molar refractivity (Wildman–Crippen MR) is 66.4 cm³/mol. The molecule has 0 radical (unpaired) electrons. The van der Waals surface area contributed by atoms with Gasteiger partial charge in [0.1, 0.15) is 6.10 Å². The molecule has 0 saturated heterocycles. The molecular weight excluding hydrogens is 259 g/mol. The Bertz CT molecular complexity index is 499. The number of aliphatic hydroxyl groups is 2. The molecular formula is C11H19FN2O5. The topological polar surface area (TPSA) is 105 Å². The summed E-state index contributed by atoms with van der Waals surface area (Å²) < 4.78 is 18.2. The Morgan fingerprint density at radius 3 is 2.37 bits per heavy atom. The maximum Gasteiger partial charge on any atom is 0.330 e. The van der Waals surface area contributed by atoms with Gasteiger partial charge in [0.2, 0.25) is 5.82 Å². The molecule has 0 spiro atoms. The van der Waals surface area contributed by atoms with Crippen LogP contribution in [0.1, 0.15) is 27.0 Å². The van der Waals surface area contributed by atoms with Crippen molar-refractivity contribution in [1.82, 2.24) is 9.55 Å². The third-order valence-electron chi connectivity index (χ3n) is 2.37. The lowest BCUT2D eigenvalue weighted by molar-refractivity contribution is -0.0988. The van der Waals surface area contributed by atoms with Crippen LogP contribution in [-0.2, 0) is 4.74 Å². The summed E-state index contributed by atoms with van der Waals surface area (Å²) in [4.78, 5) is 23.7. The van der Waals surface area contributed by atoms with Crippen LogP contribution in [-0.4, -0.2) is 39.1 Å². The van der Waals surface area contributed by atoms with E-state index in [-0.39, 0.29) is 0 Å². The number of H-pyrrole nitrogens is 1. The Kier molecular flexibility index (Phi) is 7.20. The number of aromatic nitrogens is 2. The molecule has 0 amide bonds. The van der Waals surface area contributed by atoms with E-state index in [1.54, 1.807) is 4.98 Å². The van der Waals surface area contributed by atoms with Crippen molar-refractivity contribution in [2.45, 2.75) is 39.2 Å². The molecule has 3 N–H and O–H groups in total. The number of nitrogens with one attached hydrogen (secondary N) is 1. The van der Waals surface area contributed by atoms with E-state index in [0.717, 1.165) is 0 Å². The third-order valence-corrected chi connectivity index (χ3v) is 2.37. The minimum atomic E-state index is -1.72. The van der Waals surface area contributed by atoms with Crippen LogP contribution in [0.3, 0.4) is 0 Å². The standard InChI is InChI=1S/C9H13FN2O5.C2H6/c1-4(17-2)6(13)8(15)12-3-5(10)7(14)11-9(12)16;1-2/h3-4,6,8,13,15H,1-2H3,(H,11,14,16);1-2H3/t4?,6-,8-;/m1./s1. The Hall–Kier alpha value is -1.51.